The third kappa shape index (κ3) is 4.07. The number of hydrogen-bond acceptors (Lipinski definition) is 5. The van der Waals surface area contributed by atoms with E-state index in [0.717, 1.165) is 37.1 Å². The average molecular weight is 411 g/mol. The van der Waals surface area contributed by atoms with Crippen molar-refractivity contribution < 1.29 is 18.7 Å². The number of ether oxygens (including phenoxy) is 1. The van der Waals surface area contributed by atoms with E-state index in [2.05, 4.69) is 30.4 Å². The van der Waals surface area contributed by atoms with E-state index < -0.39 is 0 Å². The Morgan fingerprint density at radius 2 is 2.10 bits per heavy atom. The summed E-state index contributed by atoms with van der Waals surface area (Å²) in [6.45, 7) is 4.52. The van der Waals surface area contributed by atoms with Gasteiger partial charge in [-0.1, -0.05) is 12.1 Å². The normalized spacial score (nSPS) is 26.3. The second-order valence-electron chi connectivity index (χ2n) is 8.50. The third-order valence-electron chi connectivity index (χ3n) is 6.51. The summed E-state index contributed by atoms with van der Waals surface area (Å²) in [7, 11) is 1.73. The van der Waals surface area contributed by atoms with E-state index in [1.165, 1.54) is 11.8 Å². The van der Waals surface area contributed by atoms with Crippen LogP contribution in [0.1, 0.15) is 73.0 Å². The lowest BCUT2D eigenvalue weighted by Gasteiger charge is -2.39. The maximum atomic E-state index is 12.8. The minimum absolute atomic E-state index is 0.00657. The van der Waals surface area contributed by atoms with Gasteiger partial charge in [-0.25, -0.2) is 0 Å². The first kappa shape index (κ1) is 20.8. The molecule has 4 atom stereocenters. The summed E-state index contributed by atoms with van der Waals surface area (Å²) in [5.41, 5.74) is 3.28. The van der Waals surface area contributed by atoms with Crippen LogP contribution in [-0.2, 0) is 9.53 Å². The highest BCUT2D eigenvalue weighted by Crippen LogP contribution is 2.42. The summed E-state index contributed by atoms with van der Waals surface area (Å²) in [5.74, 6) is 0.901. The number of Topliss-reactive ketones (excluding diaryl/α,β-unsaturated/α-hetero) is 1. The number of benzene rings is 1. The molecular formula is C24H30N2O4. The molecule has 6 nitrogen and oxygen atoms in total. The van der Waals surface area contributed by atoms with Gasteiger partial charge in [0, 0.05) is 38.7 Å². The van der Waals surface area contributed by atoms with Crippen LogP contribution < -0.4 is 10.2 Å². The van der Waals surface area contributed by atoms with Gasteiger partial charge in [-0.05, 0) is 67.3 Å². The largest absolute Gasteiger partial charge is 0.461 e. The van der Waals surface area contributed by atoms with Crippen LogP contribution in [0.5, 0.6) is 0 Å². The number of carbonyl (C=O) groups excluding carboxylic acids is 2. The Balaban J connectivity index is 1.64. The number of nitrogens with one attached hydrogen (secondary N) is 1. The molecule has 2 aromatic rings. The van der Waals surface area contributed by atoms with Gasteiger partial charge in [0.2, 0.25) is 5.91 Å². The molecule has 30 heavy (non-hydrogen) atoms. The molecule has 0 saturated carbocycles. The third-order valence-corrected chi connectivity index (χ3v) is 6.51. The Labute approximate surface area is 177 Å². The molecule has 1 saturated heterocycles. The second-order valence-corrected chi connectivity index (χ2v) is 8.50. The molecule has 0 spiro atoms. The maximum Gasteiger partial charge on any atom is 0.224 e. The van der Waals surface area contributed by atoms with Crippen molar-refractivity contribution in [2.24, 2.45) is 0 Å². The average Bonchev–Trinajstić information content (AvgIpc) is 3.28. The van der Waals surface area contributed by atoms with E-state index in [1.54, 1.807) is 26.2 Å². The molecule has 0 radical (unpaired) electrons. The monoisotopic (exact) mass is 410 g/mol. The second kappa shape index (κ2) is 8.74. The number of furan rings is 1. The molecule has 3 heterocycles. The van der Waals surface area contributed by atoms with Gasteiger partial charge in [0.25, 0.3) is 0 Å². The highest BCUT2D eigenvalue weighted by atomic mass is 16.5. The smallest absolute Gasteiger partial charge is 0.224 e. The number of anilines is 1. The lowest BCUT2D eigenvalue weighted by molar-refractivity contribution is -0.117. The van der Waals surface area contributed by atoms with Crippen LogP contribution in [0, 0.1) is 0 Å². The number of hydrogen-bond donors (Lipinski definition) is 1. The number of amides is 1. The van der Waals surface area contributed by atoms with Crippen molar-refractivity contribution in [3.8, 4) is 0 Å². The fourth-order valence-corrected chi connectivity index (χ4v) is 5.01. The van der Waals surface area contributed by atoms with Crippen molar-refractivity contribution in [1.29, 1.82) is 0 Å². The summed E-state index contributed by atoms with van der Waals surface area (Å²) in [5, 5.41) is 3.44. The number of carbonyl (C=O) groups is 2. The fourth-order valence-electron chi connectivity index (χ4n) is 5.01. The van der Waals surface area contributed by atoms with Crippen molar-refractivity contribution in [1.82, 2.24) is 5.32 Å². The molecule has 1 amide bonds. The predicted molar refractivity (Wildman–Crippen MR) is 115 cm³/mol. The van der Waals surface area contributed by atoms with E-state index in [4.69, 9.17) is 9.15 Å². The van der Waals surface area contributed by atoms with Gasteiger partial charge in [-0.15, -0.1) is 0 Å². The predicted octanol–water partition coefficient (Wildman–Crippen LogP) is 4.22. The Bertz CT molecular complexity index is 900. The summed E-state index contributed by atoms with van der Waals surface area (Å²) in [6, 6.07) is 9.93. The Hall–Kier alpha value is -2.44. The van der Waals surface area contributed by atoms with Gasteiger partial charge in [0.05, 0.1) is 6.26 Å². The van der Waals surface area contributed by atoms with Crippen molar-refractivity contribution in [3.63, 3.8) is 0 Å². The zero-order chi connectivity index (χ0) is 21.3. The molecule has 1 aromatic carbocycles. The molecule has 0 bridgehead atoms. The number of fused-ring (bicyclic) bond motifs is 1. The van der Waals surface area contributed by atoms with Crippen LogP contribution in [0.4, 0.5) is 5.69 Å². The number of ketones is 1. The summed E-state index contributed by atoms with van der Waals surface area (Å²) in [6.07, 6.45) is 4.81. The van der Waals surface area contributed by atoms with Gasteiger partial charge in [-0.3, -0.25) is 14.9 Å². The number of methoxy groups -OCH3 is 1. The lowest BCUT2D eigenvalue weighted by atomic mass is 9.80. The first-order valence-corrected chi connectivity index (χ1v) is 10.7. The molecule has 2 aliphatic rings. The first-order valence-electron chi connectivity index (χ1n) is 10.7. The van der Waals surface area contributed by atoms with Crippen molar-refractivity contribution in [2.75, 3.05) is 18.6 Å². The Morgan fingerprint density at radius 3 is 2.73 bits per heavy atom. The maximum absolute atomic E-state index is 12.8. The van der Waals surface area contributed by atoms with Gasteiger partial charge in [0.15, 0.2) is 11.5 Å². The van der Waals surface area contributed by atoms with Crippen LogP contribution in [-0.4, -0.2) is 37.6 Å². The molecule has 1 fully saturated rings. The Morgan fingerprint density at radius 1 is 1.27 bits per heavy atom. The van der Waals surface area contributed by atoms with Crippen LogP contribution in [0.25, 0.3) is 0 Å². The Kier molecular flexibility index (Phi) is 6.06. The summed E-state index contributed by atoms with van der Waals surface area (Å²) >= 11 is 0. The number of nitrogens with zero attached hydrogens (tertiary/aromatic N) is 1. The minimum Gasteiger partial charge on any atom is -0.461 e. The van der Waals surface area contributed by atoms with Gasteiger partial charge >= 0.3 is 0 Å². The quantitative estimate of drug-likeness (QED) is 0.747. The SMILES string of the molecule is COC1CCC(c2ccc3c(c2)C(CC(=O)c2ccco2)C[C@H](C)N3C(C)=O)CN1. The van der Waals surface area contributed by atoms with Crippen molar-refractivity contribution in [2.45, 2.75) is 63.6 Å². The number of rotatable bonds is 5. The molecule has 2 aliphatic heterocycles. The minimum atomic E-state index is 0.00657. The molecular weight excluding hydrogens is 380 g/mol. The van der Waals surface area contributed by atoms with Crippen LogP contribution >= 0.6 is 0 Å². The zero-order valence-electron chi connectivity index (χ0n) is 17.9. The number of piperidine rings is 1. The molecule has 1 N–H and O–H groups in total. The molecule has 4 rings (SSSR count). The van der Waals surface area contributed by atoms with E-state index >= 15 is 0 Å². The van der Waals surface area contributed by atoms with Crippen LogP contribution in [0.2, 0.25) is 0 Å². The van der Waals surface area contributed by atoms with Gasteiger partial charge < -0.3 is 14.1 Å². The summed E-state index contributed by atoms with van der Waals surface area (Å²) in [4.78, 5) is 27.0. The lowest BCUT2D eigenvalue weighted by Crippen LogP contribution is -2.42. The standard InChI is InChI=1S/C24H30N2O4/c1-15-11-19(13-22(28)23-5-4-10-30-23)20-12-17(6-8-21(20)26(15)16(2)27)18-7-9-24(29-3)25-14-18/h4-6,8,10,12,15,18-19,24-25H,7,9,11,13-14H2,1-3H3/t15-,18?,19?,24?/m0/s1. The first-order chi connectivity index (χ1) is 14.5. The molecule has 3 unspecified atom stereocenters. The van der Waals surface area contributed by atoms with Crippen molar-refractivity contribution >= 4 is 17.4 Å². The van der Waals surface area contributed by atoms with E-state index in [9.17, 15) is 9.59 Å². The van der Waals surface area contributed by atoms with E-state index in [0.29, 0.717) is 18.1 Å². The fraction of sp³-hybridized carbons (Fsp3) is 0.500. The highest BCUT2D eigenvalue weighted by molar-refractivity contribution is 5.96. The van der Waals surface area contributed by atoms with E-state index in [-0.39, 0.29) is 29.9 Å². The molecule has 1 aromatic heterocycles. The van der Waals surface area contributed by atoms with Crippen molar-refractivity contribution in [3.05, 3.63) is 53.5 Å². The van der Waals surface area contributed by atoms with Crippen LogP contribution in [0.15, 0.2) is 41.0 Å². The zero-order valence-corrected chi connectivity index (χ0v) is 17.9. The molecule has 6 heteroatoms. The molecule has 0 aliphatic carbocycles. The topological polar surface area (TPSA) is 71.8 Å². The van der Waals surface area contributed by atoms with E-state index in [1.807, 2.05) is 4.90 Å². The highest BCUT2D eigenvalue weighted by Gasteiger charge is 2.34. The van der Waals surface area contributed by atoms with Crippen LogP contribution in [0.3, 0.4) is 0 Å². The summed E-state index contributed by atoms with van der Waals surface area (Å²) < 4.78 is 10.7. The molecule has 160 valence electrons. The van der Waals surface area contributed by atoms with Gasteiger partial charge in [-0.2, -0.15) is 0 Å². The van der Waals surface area contributed by atoms with Gasteiger partial charge in [0.1, 0.15) is 6.23 Å².